The van der Waals surface area contributed by atoms with Gasteiger partial charge in [-0.05, 0) is 31.2 Å². The molecular formula is C12H12N4S. The summed E-state index contributed by atoms with van der Waals surface area (Å²) < 4.78 is 0. The van der Waals surface area contributed by atoms with Gasteiger partial charge in [0.1, 0.15) is 10.9 Å². The van der Waals surface area contributed by atoms with Crippen molar-refractivity contribution >= 4 is 17.6 Å². The first-order chi connectivity index (χ1) is 8.15. The maximum Gasteiger partial charge on any atom is 0.122 e. The summed E-state index contributed by atoms with van der Waals surface area (Å²) in [5.41, 5.74) is 7.04. The Bertz CT molecular complexity index is 539. The Kier molecular flexibility index (Phi) is 3.39. The second-order valence-electron chi connectivity index (χ2n) is 3.53. The number of hydrogen-bond donors (Lipinski definition) is 2. The number of hydrogen-bond acceptors (Lipinski definition) is 4. The number of aryl methyl sites for hydroxylation is 1. The van der Waals surface area contributed by atoms with E-state index < -0.39 is 0 Å². The number of amidine groups is 1. The summed E-state index contributed by atoms with van der Waals surface area (Å²) in [6, 6.07) is 7.46. The van der Waals surface area contributed by atoms with Crippen LogP contribution in [-0.2, 0) is 0 Å². The lowest BCUT2D eigenvalue weighted by atomic mass is 10.2. The standard InChI is InChI=1S/C12H12N4S/c1-8-6-9(12(13)14)7-11(16-8)17-10-2-4-15-5-3-10/h2-7H,1H3,(H3,13,14). The van der Waals surface area contributed by atoms with Gasteiger partial charge in [0, 0.05) is 28.5 Å². The van der Waals surface area contributed by atoms with Crippen LogP contribution in [0.4, 0.5) is 0 Å². The number of aromatic nitrogens is 2. The number of nitrogens with two attached hydrogens (primary N) is 1. The van der Waals surface area contributed by atoms with Crippen LogP contribution in [0.15, 0.2) is 46.6 Å². The first-order valence-electron chi connectivity index (χ1n) is 5.06. The van der Waals surface area contributed by atoms with Crippen molar-refractivity contribution in [1.82, 2.24) is 9.97 Å². The zero-order valence-corrected chi connectivity index (χ0v) is 10.2. The third-order valence-electron chi connectivity index (χ3n) is 2.11. The van der Waals surface area contributed by atoms with Crippen LogP contribution in [0.5, 0.6) is 0 Å². The third kappa shape index (κ3) is 3.04. The monoisotopic (exact) mass is 244 g/mol. The first kappa shape index (κ1) is 11.6. The molecule has 2 aromatic rings. The number of nitrogens with zero attached hydrogens (tertiary/aromatic N) is 2. The lowest BCUT2D eigenvalue weighted by Crippen LogP contribution is -2.11. The van der Waals surface area contributed by atoms with E-state index in [9.17, 15) is 0 Å². The van der Waals surface area contributed by atoms with E-state index in [1.54, 1.807) is 18.5 Å². The predicted octanol–water partition coefficient (Wildman–Crippen LogP) is 2.22. The van der Waals surface area contributed by atoms with E-state index in [4.69, 9.17) is 11.1 Å². The second-order valence-corrected chi connectivity index (χ2v) is 4.63. The van der Waals surface area contributed by atoms with Gasteiger partial charge in [0.05, 0.1) is 0 Å². The van der Waals surface area contributed by atoms with Crippen molar-refractivity contribution in [3.05, 3.63) is 47.9 Å². The quantitative estimate of drug-likeness (QED) is 0.641. The Hall–Kier alpha value is -1.88. The molecule has 0 aromatic carbocycles. The van der Waals surface area contributed by atoms with Crippen LogP contribution in [-0.4, -0.2) is 15.8 Å². The van der Waals surface area contributed by atoms with Crippen molar-refractivity contribution in [1.29, 1.82) is 5.41 Å². The lowest BCUT2D eigenvalue weighted by Gasteiger charge is -2.05. The molecule has 0 atom stereocenters. The molecule has 0 amide bonds. The topological polar surface area (TPSA) is 75.7 Å². The summed E-state index contributed by atoms with van der Waals surface area (Å²) in [6.45, 7) is 1.89. The molecule has 3 N–H and O–H groups in total. The third-order valence-corrected chi connectivity index (χ3v) is 3.04. The summed E-state index contributed by atoms with van der Waals surface area (Å²) in [5, 5.41) is 8.27. The molecule has 4 nitrogen and oxygen atoms in total. The SMILES string of the molecule is Cc1cc(C(=N)N)cc(Sc2ccncc2)n1. The maximum absolute atomic E-state index is 7.44. The smallest absolute Gasteiger partial charge is 0.122 e. The van der Waals surface area contributed by atoms with Crippen LogP contribution >= 0.6 is 11.8 Å². The van der Waals surface area contributed by atoms with Crippen LogP contribution in [0.2, 0.25) is 0 Å². The van der Waals surface area contributed by atoms with Gasteiger partial charge in [-0.25, -0.2) is 4.98 Å². The maximum atomic E-state index is 7.44. The number of rotatable bonds is 3. The van der Waals surface area contributed by atoms with Crippen molar-refractivity contribution in [2.24, 2.45) is 5.73 Å². The molecule has 2 heterocycles. The molecule has 0 unspecified atom stereocenters. The molecule has 2 aromatic heterocycles. The van der Waals surface area contributed by atoms with Gasteiger partial charge in [-0.2, -0.15) is 0 Å². The normalized spacial score (nSPS) is 10.2. The molecule has 0 saturated carbocycles. The van der Waals surface area contributed by atoms with Crippen molar-refractivity contribution in [3.63, 3.8) is 0 Å². The minimum Gasteiger partial charge on any atom is -0.384 e. The molecule has 86 valence electrons. The summed E-state index contributed by atoms with van der Waals surface area (Å²) in [5.74, 6) is 0.0621. The highest BCUT2D eigenvalue weighted by Crippen LogP contribution is 2.26. The first-order valence-corrected chi connectivity index (χ1v) is 5.88. The fourth-order valence-corrected chi connectivity index (χ4v) is 2.25. The molecule has 0 spiro atoms. The molecular weight excluding hydrogens is 232 g/mol. The highest BCUT2D eigenvalue weighted by Gasteiger charge is 2.04. The van der Waals surface area contributed by atoms with E-state index in [1.807, 2.05) is 25.1 Å². The van der Waals surface area contributed by atoms with Gasteiger partial charge < -0.3 is 5.73 Å². The molecule has 5 heteroatoms. The highest BCUT2D eigenvalue weighted by atomic mass is 32.2. The summed E-state index contributed by atoms with van der Waals surface area (Å²) in [6.07, 6.45) is 3.48. The summed E-state index contributed by atoms with van der Waals surface area (Å²) >= 11 is 1.53. The largest absolute Gasteiger partial charge is 0.384 e. The molecule has 0 saturated heterocycles. The van der Waals surface area contributed by atoms with E-state index in [1.165, 1.54) is 11.8 Å². The molecule has 0 aliphatic carbocycles. The van der Waals surface area contributed by atoms with Crippen LogP contribution < -0.4 is 5.73 Å². The molecule has 0 radical (unpaired) electrons. The number of nitrogens with one attached hydrogen (secondary N) is 1. The van der Waals surface area contributed by atoms with Gasteiger partial charge in [-0.3, -0.25) is 10.4 Å². The minimum absolute atomic E-state index is 0.0621. The van der Waals surface area contributed by atoms with Crippen molar-refractivity contribution in [2.75, 3.05) is 0 Å². The summed E-state index contributed by atoms with van der Waals surface area (Å²) in [4.78, 5) is 9.43. The van der Waals surface area contributed by atoms with E-state index in [2.05, 4.69) is 9.97 Å². The Balaban J connectivity index is 2.30. The van der Waals surface area contributed by atoms with Gasteiger partial charge >= 0.3 is 0 Å². The fraction of sp³-hybridized carbons (Fsp3) is 0.0833. The van der Waals surface area contributed by atoms with Gasteiger partial charge in [0.25, 0.3) is 0 Å². The Morgan fingerprint density at radius 2 is 2.00 bits per heavy atom. The lowest BCUT2D eigenvalue weighted by molar-refractivity contribution is 1.06. The zero-order chi connectivity index (χ0) is 12.3. The van der Waals surface area contributed by atoms with Crippen molar-refractivity contribution in [3.8, 4) is 0 Å². The molecule has 0 fully saturated rings. The van der Waals surface area contributed by atoms with Gasteiger partial charge in [-0.15, -0.1) is 0 Å². The van der Waals surface area contributed by atoms with E-state index in [-0.39, 0.29) is 5.84 Å². The Labute approximate surface area is 104 Å². The second kappa shape index (κ2) is 4.97. The minimum atomic E-state index is 0.0621. The van der Waals surface area contributed by atoms with Gasteiger partial charge in [0.15, 0.2) is 0 Å². The predicted molar refractivity (Wildman–Crippen MR) is 68.4 cm³/mol. The number of pyridine rings is 2. The van der Waals surface area contributed by atoms with Crippen LogP contribution in [0.1, 0.15) is 11.3 Å². The zero-order valence-electron chi connectivity index (χ0n) is 9.34. The van der Waals surface area contributed by atoms with E-state index in [0.717, 1.165) is 15.6 Å². The van der Waals surface area contributed by atoms with Crippen LogP contribution in [0, 0.1) is 12.3 Å². The van der Waals surface area contributed by atoms with Crippen LogP contribution in [0.3, 0.4) is 0 Å². The average molecular weight is 244 g/mol. The molecule has 17 heavy (non-hydrogen) atoms. The molecule has 0 bridgehead atoms. The van der Waals surface area contributed by atoms with E-state index >= 15 is 0 Å². The number of nitrogen functional groups attached to an aromatic ring is 1. The summed E-state index contributed by atoms with van der Waals surface area (Å²) in [7, 11) is 0. The fourth-order valence-electron chi connectivity index (χ4n) is 1.37. The van der Waals surface area contributed by atoms with Gasteiger partial charge in [0.2, 0.25) is 0 Å². The molecule has 0 aliphatic rings. The average Bonchev–Trinajstić information content (AvgIpc) is 2.29. The van der Waals surface area contributed by atoms with Crippen molar-refractivity contribution < 1.29 is 0 Å². The van der Waals surface area contributed by atoms with E-state index in [0.29, 0.717) is 5.56 Å². The Morgan fingerprint density at radius 3 is 2.65 bits per heavy atom. The molecule has 2 rings (SSSR count). The van der Waals surface area contributed by atoms with Gasteiger partial charge in [-0.1, -0.05) is 11.8 Å². The van der Waals surface area contributed by atoms with Crippen LogP contribution in [0.25, 0.3) is 0 Å². The van der Waals surface area contributed by atoms with Crippen molar-refractivity contribution in [2.45, 2.75) is 16.8 Å². The highest BCUT2D eigenvalue weighted by molar-refractivity contribution is 7.99. The Morgan fingerprint density at radius 1 is 1.29 bits per heavy atom. The molecule has 0 aliphatic heterocycles.